The molecule has 2 rings (SSSR count). The lowest BCUT2D eigenvalue weighted by Gasteiger charge is -2.10. The van der Waals surface area contributed by atoms with Gasteiger partial charge in [-0.25, -0.2) is 4.98 Å². The standard InChI is InChI=1S/C16H18BrN3O2/c1-11-9-13(17)10-20-15(11)18-7-8-19-16(21)12-3-5-14(22-2)6-4-12/h3-6,9-10H,7-8H2,1-2H3,(H,18,20)(H,19,21). The van der Waals surface area contributed by atoms with Gasteiger partial charge < -0.3 is 15.4 Å². The summed E-state index contributed by atoms with van der Waals surface area (Å²) in [6, 6.07) is 9.00. The van der Waals surface area contributed by atoms with E-state index < -0.39 is 0 Å². The molecule has 0 aliphatic heterocycles. The summed E-state index contributed by atoms with van der Waals surface area (Å²) < 4.78 is 6.01. The topological polar surface area (TPSA) is 63.2 Å². The van der Waals surface area contributed by atoms with Crippen LogP contribution >= 0.6 is 15.9 Å². The van der Waals surface area contributed by atoms with Crippen LogP contribution in [-0.2, 0) is 0 Å². The average Bonchev–Trinajstić information content (AvgIpc) is 2.53. The molecule has 0 fully saturated rings. The van der Waals surface area contributed by atoms with E-state index in [1.54, 1.807) is 37.6 Å². The van der Waals surface area contributed by atoms with E-state index in [0.29, 0.717) is 18.7 Å². The Bertz CT molecular complexity index is 644. The van der Waals surface area contributed by atoms with Crippen LogP contribution in [0.2, 0.25) is 0 Å². The molecular formula is C16H18BrN3O2. The molecule has 2 aromatic rings. The molecule has 0 radical (unpaired) electrons. The first kappa shape index (κ1) is 16.3. The summed E-state index contributed by atoms with van der Waals surface area (Å²) in [6.45, 7) is 3.11. The molecule has 0 aliphatic rings. The van der Waals surface area contributed by atoms with Crippen LogP contribution < -0.4 is 15.4 Å². The first-order chi connectivity index (χ1) is 10.6. The molecule has 0 bridgehead atoms. The number of nitrogens with zero attached hydrogens (tertiary/aromatic N) is 1. The Labute approximate surface area is 138 Å². The molecule has 1 amide bonds. The van der Waals surface area contributed by atoms with Crippen LogP contribution in [0.25, 0.3) is 0 Å². The molecule has 0 aliphatic carbocycles. The van der Waals surface area contributed by atoms with Gasteiger partial charge in [0, 0.05) is 29.3 Å². The minimum atomic E-state index is -0.107. The van der Waals surface area contributed by atoms with Gasteiger partial charge >= 0.3 is 0 Å². The number of nitrogens with one attached hydrogen (secondary N) is 2. The molecule has 1 heterocycles. The number of halogens is 1. The van der Waals surface area contributed by atoms with Gasteiger partial charge in [0.25, 0.3) is 5.91 Å². The van der Waals surface area contributed by atoms with Crippen LogP contribution in [0.3, 0.4) is 0 Å². The minimum Gasteiger partial charge on any atom is -0.497 e. The van der Waals surface area contributed by atoms with Crippen molar-refractivity contribution in [3.8, 4) is 5.75 Å². The van der Waals surface area contributed by atoms with Crippen molar-refractivity contribution in [3.05, 3.63) is 52.1 Å². The third-order valence-electron chi connectivity index (χ3n) is 3.10. The lowest BCUT2D eigenvalue weighted by atomic mass is 10.2. The van der Waals surface area contributed by atoms with E-state index in [9.17, 15) is 4.79 Å². The Morgan fingerprint density at radius 2 is 2.00 bits per heavy atom. The van der Waals surface area contributed by atoms with Crippen molar-refractivity contribution in [2.45, 2.75) is 6.92 Å². The van der Waals surface area contributed by atoms with Crippen molar-refractivity contribution in [2.24, 2.45) is 0 Å². The van der Waals surface area contributed by atoms with E-state index in [1.807, 2.05) is 13.0 Å². The van der Waals surface area contributed by atoms with E-state index in [1.165, 1.54) is 0 Å². The minimum absolute atomic E-state index is 0.107. The van der Waals surface area contributed by atoms with Crippen molar-refractivity contribution in [1.29, 1.82) is 0 Å². The number of hydrogen-bond acceptors (Lipinski definition) is 4. The molecule has 0 atom stereocenters. The molecule has 1 aromatic carbocycles. The van der Waals surface area contributed by atoms with Crippen molar-refractivity contribution >= 4 is 27.7 Å². The quantitative estimate of drug-likeness (QED) is 0.774. The van der Waals surface area contributed by atoms with Gasteiger partial charge in [0.1, 0.15) is 11.6 Å². The average molecular weight is 364 g/mol. The number of benzene rings is 1. The zero-order valence-corrected chi connectivity index (χ0v) is 14.1. The fraction of sp³-hybridized carbons (Fsp3) is 0.250. The number of ether oxygens (including phenoxy) is 1. The third-order valence-corrected chi connectivity index (χ3v) is 3.53. The highest BCUT2D eigenvalue weighted by Crippen LogP contribution is 2.16. The SMILES string of the molecule is COc1ccc(C(=O)NCCNc2ncc(Br)cc2C)cc1. The monoisotopic (exact) mass is 363 g/mol. The Balaban J connectivity index is 1.79. The van der Waals surface area contributed by atoms with Crippen LogP contribution in [-0.4, -0.2) is 31.1 Å². The number of carbonyl (C=O) groups is 1. The van der Waals surface area contributed by atoms with Crippen LogP contribution in [0.15, 0.2) is 41.0 Å². The first-order valence-corrected chi connectivity index (χ1v) is 7.67. The molecule has 5 nitrogen and oxygen atoms in total. The highest BCUT2D eigenvalue weighted by atomic mass is 79.9. The van der Waals surface area contributed by atoms with Gasteiger partial charge in [-0.15, -0.1) is 0 Å². The molecule has 0 saturated carbocycles. The number of anilines is 1. The maximum Gasteiger partial charge on any atom is 0.251 e. The Morgan fingerprint density at radius 3 is 2.64 bits per heavy atom. The number of amides is 1. The van der Waals surface area contributed by atoms with E-state index in [0.717, 1.165) is 21.6 Å². The van der Waals surface area contributed by atoms with Gasteiger partial charge in [0.15, 0.2) is 0 Å². The van der Waals surface area contributed by atoms with Crippen molar-refractivity contribution in [2.75, 3.05) is 25.5 Å². The smallest absolute Gasteiger partial charge is 0.251 e. The number of pyridine rings is 1. The van der Waals surface area contributed by atoms with Gasteiger partial charge in [-0.05, 0) is 58.7 Å². The molecule has 2 N–H and O–H groups in total. The van der Waals surface area contributed by atoms with E-state index in [-0.39, 0.29) is 5.91 Å². The second-order valence-electron chi connectivity index (χ2n) is 4.73. The van der Waals surface area contributed by atoms with Crippen LogP contribution in [0, 0.1) is 6.92 Å². The zero-order valence-electron chi connectivity index (χ0n) is 12.5. The molecule has 1 aromatic heterocycles. The van der Waals surface area contributed by atoms with E-state index >= 15 is 0 Å². The lowest BCUT2D eigenvalue weighted by molar-refractivity contribution is 0.0955. The predicted molar refractivity (Wildman–Crippen MR) is 90.5 cm³/mol. The van der Waals surface area contributed by atoms with Crippen molar-refractivity contribution in [1.82, 2.24) is 10.3 Å². The summed E-state index contributed by atoms with van der Waals surface area (Å²) in [5.41, 5.74) is 1.66. The van der Waals surface area contributed by atoms with Gasteiger partial charge in [-0.3, -0.25) is 4.79 Å². The Hall–Kier alpha value is -2.08. The van der Waals surface area contributed by atoms with Crippen molar-refractivity contribution in [3.63, 3.8) is 0 Å². The second-order valence-corrected chi connectivity index (χ2v) is 5.65. The van der Waals surface area contributed by atoms with Crippen molar-refractivity contribution < 1.29 is 9.53 Å². The highest BCUT2D eigenvalue weighted by Gasteiger charge is 2.05. The number of aryl methyl sites for hydroxylation is 1. The van der Waals surface area contributed by atoms with Gasteiger partial charge in [-0.1, -0.05) is 0 Å². The molecule has 22 heavy (non-hydrogen) atoms. The van der Waals surface area contributed by atoms with E-state index in [4.69, 9.17) is 4.74 Å². The maximum absolute atomic E-state index is 12.0. The molecule has 0 unspecified atom stereocenters. The van der Waals surface area contributed by atoms with Crippen LogP contribution in [0.1, 0.15) is 15.9 Å². The molecule has 116 valence electrons. The summed E-state index contributed by atoms with van der Waals surface area (Å²) in [5.74, 6) is 1.45. The molecule has 0 saturated heterocycles. The number of aromatic nitrogens is 1. The number of hydrogen-bond donors (Lipinski definition) is 2. The fourth-order valence-electron chi connectivity index (χ4n) is 1.93. The normalized spacial score (nSPS) is 10.1. The molecule has 0 spiro atoms. The summed E-state index contributed by atoms with van der Waals surface area (Å²) in [6.07, 6.45) is 1.74. The number of carbonyl (C=O) groups excluding carboxylic acids is 1. The van der Waals surface area contributed by atoms with E-state index in [2.05, 4.69) is 31.5 Å². The number of methoxy groups -OCH3 is 1. The summed E-state index contributed by atoms with van der Waals surface area (Å²) >= 11 is 3.38. The first-order valence-electron chi connectivity index (χ1n) is 6.88. The Morgan fingerprint density at radius 1 is 1.27 bits per heavy atom. The summed E-state index contributed by atoms with van der Waals surface area (Å²) in [5, 5.41) is 6.06. The second kappa shape index (κ2) is 7.79. The molecule has 6 heteroatoms. The van der Waals surface area contributed by atoms with Crippen LogP contribution in [0.5, 0.6) is 5.75 Å². The number of rotatable bonds is 6. The Kier molecular flexibility index (Phi) is 5.77. The van der Waals surface area contributed by atoms with Crippen LogP contribution in [0.4, 0.5) is 5.82 Å². The highest BCUT2D eigenvalue weighted by molar-refractivity contribution is 9.10. The van der Waals surface area contributed by atoms with Gasteiger partial charge in [-0.2, -0.15) is 0 Å². The summed E-state index contributed by atoms with van der Waals surface area (Å²) in [4.78, 5) is 16.3. The van der Waals surface area contributed by atoms with Gasteiger partial charge in [0.05, 0.1) is 7.11 Å². The summed E-state index contributed by atoms with van der Waals surface area (Å²) in [7, 11) is 1.60. The van der Waals surface area contributed by atoms with Gasteiger partial charge in [0.2, 0.25) is 0 Å². The molecular weight excluding hydrogens is 346 g/mol. The predicted octanol–water partition coefficient (Wildman–Crippen LogP) is 3.00. The fourth-order valence-corrected chi connectivity index (χ4v) is 2.37. The zero-order chi connectivity index (χ0) is 15.9. The lowest BCUT2D eigenvalue weighted by Crippen LogP contribution is -2.28. The largest absolute Gasteiger partial charge is 0.497 e. The third kappa shape index (κ3) is 4.46. The maximum atomic E-state index is 12.0.